The third-order valence-electron chi connectivity index (χ3n) is 3.62. The second-order valence-electron chi connectivity index (χ2n) is 4.93. The maximum atomic E-state index is 4.90. The van der Waals surface area contributed by atoms with Gasteiger partial charge < -0.3 is 5.32 Å². The van der Waals surface area contributed by atoms with Crippen LogP contribution in [0.5, 0.6) is 0 Å². The SMILES string of the molecule is CCc1cc(Br)cc2c(NC)cc(C3CC3)nc12. The van der Waals surface area contributed by atoms with Crippen LogP contribution in [0.2, 0.25) is 0 Å². The second kappa shape index (κ2) is 4.54. The summed E-state index contributed by atoms with van der Waals surface area (Å²) >= 11 is 3.59. The Kier molecular flexibility index (Phi) is 3.02. The van der Waals surface area contributed by atoms with Crippen molar-refractivity contribution in [2.75, 3.05) is 12.4 Å². The molecule has 0 unspecified atom stereocenters. The Morgan fingerprint density at radius 2 is 2.11 bits per heavy atom. The van der Waals surface area contributed by atoms with Crippen LogP contribution in [0.3, 0.4) is 0 Å². The van der Waals surface area contributed by atoms with Crippen LogP contribution in [-0.2, 0) is 6.42 Å². The Morgan fingerprint density at radius 1 is 1.33 bits per heavy atom. The van der Waals surface area contributed by atoms with Gasteiger partial charge in [0.25, 0.3) is 0 Å². The summed E-state index contributed by atoms with van der Waals surface area (Å²) in [4.78, 5) is 4.90. The van der Waals surface area contributed by atoms with Crippen LogP contribution in [0.15, 0.2) is 22.7 Å². The molecule has 2 nitrogen and oxygen atoms in total. The number of hydrogen-bond acceptors (Lipinski definition) is 2. The molecule has 1 fully saturated rings. The number of nitrogens with one attached hydrogen (secondary N) is 1. The van der Waals surface area contributed by atoms with Gasteiger partial charge in [-0.1, -0.05) is 22.9 Å². The van der Waals surface area contributed by atoms with E-state index < -0.39 is 0 Å². The number of anilines is 1. The molecular formula is C15H17BrN2. The van der Waals surface area contributed by atoms with Gasteiger partial charge in [-0.2, -0.15) is 0 Å². The van der Waals surface area contributed by atoms with Crippen molar-refractivity contribution in [3.8, 4) is 0 Å². The smallest absolute Gasteiger partial charge is 0.0758 e. The van der Waals surface area contributed by atoms with E-state index in [9.17, 15) is 0 Å². The van der Waals surface area contributed by atoms with E-state index >= 15 is 0 Å². The van der Waals surface area contributed by atoms with E-state index in [1.165, 1.54) is 35.2 Å². The zero-order valence-electron chi connectivity index (χ0n) is 10.8. The normalized spacial score (nSPS) is 15.1. The number of benzene rings is 1. The molecule has 0 spiro atoms. The van der Waals surface area contributed by atoms with Gasteiger partial charge in [0.15, 0.2) is 0 Å². The van der Waals surface area contributed by atoms with Crippen molar-refractivity contribution in [2.24, 2.45) is 0 Å². The number of aromatic nitrogens is 1. The first-order valence-corrected chi connectivity index (χ1v) is 7.33. The number of rotatable bonds is 3. The van der Waals surface area contributed by atoms with E-state index in [2.05, 4.69) is 46.4 Å². The molecule has 1 aromatic carbocycles. The fraction of sp³-hybridized carbons (Fsp3) is 0.400. The highest BCUT2D eigenvalue weighted by Crippen LogP contribution is 2.41. The Labute approximate surface area is 116 Å². The summed E-state index contributed by atoms with van der Waals surface area (Å²) in [5.41, 5.74) is 4.93. The maximum absolute atomic E-state index is 4.90. The van der Waals surface area contributed by atoms with Gasteiger partial charge in [-0.05, 0) is 43.0 Å². The molecule has 0 aliphatic heterocycles. The maximum Gasteiger partial charge on any atom is 0.0758 e. The molecule has 1 aliphatic carbocycles. The summed E-state index contributed by atoms with van der Waals surface area (Å²) in [6.07, 6.45) is 3.60. The topological polar surface area (TPSA) is 24.9 Å². The molecule has 0 bridgehead atoms. The fourth-order valence-electron chi connectivity index (χ4n) is 2.44. The first-order valence-electron chi connectivity index (χ1n) is 6.53. The van der Waals surface area contributed by atoms with Gasteiger partial charge in [0, 0.05) is 34.2 Å². The predicted molar refractivity (Wildman–Crippen MR) is 80.3 cm³/mol. The molecule has 1 aliphatic rings. The molecule has 94 valence electrons. The summed E-state index contributed by atoms with van der Waals surface area (Å²) in [5, 5.41) is 4.53. The van der Waals surface area contributed by atoms with Crippen LogP contribution in [-0.4, -0.2) is 12.0 Å². The lowest BCUT2D eigenvalue weighted by atomic mass is 10.0. The van der Waals surface area contributed by atoms with E-state index in [0.717, 1.165) is 16.4 Å². The van der Waals surface area contributed by atoms with Gasteiger partial charge in [-0.15, -0.1) is 0 Å². The molecule has 1 heterocycles. The predicted octanol–water partition coefficient (Wildman–Crippen LogP) is 4.48. The molecule has 0 radical (unpaired) electrons. The molecule has 1 saturated carbocycles. The van der Waals surface area contributed by atoms with Crippen molar-refractivity contribution in [1.82, 2.24) is 4.98 Å². The highest BCUT2D eigenvalue weighted by Gasteiger charge is 2.26. The molecule has 1 N–H and O–H groups in total. The quantitative estimate of drug-likeness (QED) is 0.904. The molecule has 1 aromatic heterocycles. The highest BCUT2D eigenvalue weighted by molar-refractivity contribution is 9.10. The first kappa shape index (κ1) is 12.0. The van der Waals surface area contributed by atoms with Crippen LogP contribution >= 0.6 is 15.9 Å². The highest BCUT2D eigenvalue weighted by atomic mass is 79.9. The number of halogens is 1. The third-order valence-corrected chi connectivity index (χ3v) is 4.08. The first-order chi connectivity index (χ1) is 8.72. The van der Waals surface area contributed by atoms with Gasteiger partial charge >= 0.3 is 0 Å². The molecule has 3 rings (SSSR count). The Morgan fingerprint density at radius 3 is 2.72 bits per heavy atom. The van der Waals surface area contributed by atoms with Crippen molar-refractivity contribution >= 4 is 32.5 Å². The van der Waals surface area contributed by atoms with Gasteiger partial charge in [-0.25, -0.2) is 0 Å². The summed E-state index contributed by atoms with van der Waals surface area (Å²) < 4.78 is 1.13. The van der Waals surface area contributed by atoms with Crippen molar-refractivity contribution in [3.63, 3.8) is 0 Å². The van der Waals surface area contributed by atoms with Crippen LogP contribution in [0.25, 0.3) is 10.9 Å². The third kappa shape index (κ3) is 2.01. The summed E-state index contributed by atoms with van der Waals surface area (Å²) in [6.45, 7) is 2.19. The van der Waals surface area contributed by atoms with Crippen molar-refractivity contribution in [1.29, 1.82) is 0 Å². The van der Waals surface area contributed by atoms with E-state index in [-0.39, 0.29) is 0 Å². The van der Waals surface area contributed by atoms with Crippen molar-refractivity contribution < 1.29 is 0 Å². The van der Waals surface area contributed by atoms with Crippen molar-refractivity contribution in [2.45, 2.75) is 32.1 Å². The minimum absolute atomic E-state index is 0.690. The number of pyridine rings is 1. The van der Waals surface area contributed by atoms with Crippen LogP contribution in [0, 0.1) is 0 Å². The van der Waals surface area contributed by atoms with Gasteiger partial charge in [0.2, 0.25) is 0 Å². The monoisotopic (exact) mass is 304 g/mol. The number of aryl methyl sites for hydroxylation is 1. The lowest BCUT2D eigenvalue weighted by molar-refractivity contribution is 1.03. The summed E-state index contributed by atoms with van der Waals surface area (Å²) in [7, 11) is 1.98. The number of nitrogens with zero attached hydrogens (tertiary/aromatic N) is 1. The molecular weight excluding hydrogens is 288 g/mol. The molecule has 0 atom stereocenters. The molecule has 3 heteroatoms. The zero-order valence-corrected chi connectivity index (χ0v) is 12.3. The molecule has 2 aromatic rings. The molecule has 0 amide bonds. The number of hydrogen-bond donors (Lipinski definition) is 1. The molecule has 0 saturated heterocycles. The van der Waals surface area contributed by atoms with Crippen LogP contribution in [0.4, 0.5) is 5.69 Å². The van der Waals surface area contributed by atoms with Crippen LogP contribution in [0.1, 0.15) is 36.9 Å². The minimum Gasteiger partial charge on any atom is -0.388 e. The number of fused-ring (bicyclic) bond motifs is 1. The van der Waals surface area contributed by atoms with E-state index in [1.54, 1.807) is 0 Å². The Bertz CT molecular complexity index is 603. The van der Waals surface area contributed by atoms with E-state index in [1.807, 2.05) is 7.05 Å². The van der Waals surface area contributed by atoms with Crippen molar-refractivity contribution in [3.05, 3.63) is 33.9 Å². The molecule has 18 heavy (non-hydrogen) atoms. The van der Waals surface area contributed by atoms with Gasteiger partial charge in [0.1, 0.15) is 0 Å². The largest absolute Gasteiger partial charge is 0.388 e. The summed E-state index contributed by atoms with van der Waals surface area (Å²) in [5.74, 6) is 0.690. The Balaban J connectivity index is 2.31. The van der Waals surface area contributed by atoms with Crippen LogP contribution < -0.4 is 5.32 Å². The standard InChI is InChI=1S/C15H17BrN2/c1-3-9-6-11(16)7-12-14(17-2)8-13(10-4-5-10)18-15(9)12/h6-8,10H,3-5H2,1-2H3,(H,17,18). The average molecular weight is 305 g/mol. The lowest BCUT2D eigenvalue weighted by Crippen LogP contribution is -1.98. The fourth-order valence-corrected chi connectivity index (χ4v) is 2.95. The zero-order chi connectivity index (χ0) is 12.7. The average Bonchev–Trinajstić information content (AvgIpc) is 3.20. The minimum atomic E-state index is 0.690. The van der Waals surface area contributed by atoms with Gasteiger partial charge in [-0.3, -0.25) is 4.98 Å². The Hall–Kier alpha value is -1.09. The lowest BCUT2D eigenvalue weighted by Gasteiger charge is -2.12. The summed E-state index contributed by atoms with van der Waals surface area (Å²) in [6, 6.07) is 6.56. The van der Waals surface area contributed by atoms with E-state index in [4.69, 9.17) is 4.98 Å². The second-order valence-corrected chi connectivity index (χ2v) is 5.85. The van der Waals surface area contributed by atoms with Gasteiger partial charge in [0.05, 0.1) is 5.52 Å². The van der Waals surface area contributed by atoms with E-state index in [0.29, 0.717) is 5.92 Å².